The summed E-state index contributed by atoms with van der Waals surface area (Å²) in [6, 6.07) is 0.807. The average Bonchev–Trinajstić information content (AvgIpc) is 3.05. The fraction of sp³-hybridized carbons (Fsp3) is 1.00. The van der Waals surface area contributed by atoms with Gasteiger partial charge >= 0.3 is 0 Å². The molecule has 0 saturated heterocycles. The first-order valence-electron chi connectivity index (χ1n) is 14.0. The molecule has 0 aliphatic heterocycles. The van der Waals surface area contributed by atoms with Crippen LogP contribution in [0.25, 0.3) is 0 Å². The molecule has 174 valence electrons. The Balaban J connectivity index is 1.43. The van der Waals surface area contributed by atoms with E-state index in [9.17, 15) is 0 Å². The number of rotatable bonds is 7. The Kier molecular flexibility index (Phi) is 6.99. The highest BCUT2D eigenvalue weighted by atomic mass is 14.9. The van der Waals surface area contributed by atoms with Gasteiger partial charge in [0.2, 0.25) is 0 Å². The van der Waals surface area contributed by atoms with E-state index in [0.717, 1.165) is 54.0 Å². The normalized spacial score (nSPS) is 46.9. The molecule has 1 heteroatoms. The molecule has 4 saturated carbocycles. The second-order valence-corrected chi connectivity index (χ2v) is 13.2. The lowest BCUT2D eigenvalue weighted by Crippen LogP contribution is -2.55. The summed E-state index contributed by atoms with van der Waals surface area (Å²) in [7, 11) is 0. The second-order valence-electron chi connectivity index (χ2n) is 13.2. The Morgan fingerprint density at radius 1 is 0.833 bits per heavy atom. The molecule has 0 amide bonds. The van der Waals surface area contributed by atoms with Crippen molar-refractivity contribution >= 4 is 0 Å². The predicted octanol–water partition coefficient (Wildman–Crippen LogP) is 8.09. The van der Waals surface area contributed by atoms with E-state index in [0.29, 0.717) is 10.8 Å². The van der Waals surface area contributed by atoms with Gasteiger partial charge in [0.1, 0.15) is 0 Å². The Morgan fingerprint density at radius 2 is 1.57 bits per heavy atom. The van der Waals surface area contributed by atoms with Crippen LogP contribution in [0.4, 0.5) is 0 Å². The summed E-state index contributed by atoms with van der Waals surface area (Å²) in [6.45, 7) is 16.3. The number of fused-ring (bicyclic) bond motifs is 5. The molecule has 0 aromatic heterocycles. The number of hydrogen-bond acceptors (Lipinski definition) is 1. The van der Waals surface area contributed by atoms with E-state index in [1.807, 2.05) is 0 Å². The van der Waals surface area contributed by atoms with Crippen LogP contribution in [0.1, 0.15) is 119 Å². The number of hydrogen-bond donors (Lipinski definition) is 1. The molecular formula is C29H53N. The fourth-order valence-corrected chi connectivity index (χ4v) is 9.76. The first-order chi connectivity index (χ1) is 14.3. The second kappa shape index (κ2) is 9.07. The molecule has 9 atom stereocenters. The van der Waals surface area contributed by atoms with E-state index in [1.54, 1.807) is 19.3 Å². The van der Waals surface area contributed by atoms with E-state index in [2.05, 4.69) is 46.9 Å². The van der Waals surface area contributed by atoms with Crippen LogP contribution in [0, 0.1) is 52.3 Å². The van der Waals surface area contributed by atoms with Gasteiger partial charge in [-0.15, -0.1) is 0 Å². The Labute approximate surface area is 188 Å². The molecule has 0 bridgehead atoms. The van der Waals surface area contributed by atoms with Crippen LogP contribution in [-0.2, 0) is 0 Å². The monoisotopic (exact) mass is 415 g/mol. The molecule has 0 heterocycles. The summed E-state index contributed by atoms with van der Waals surface area (Å²) in [6.07, 6.45) is 18.0. The molecule has 1 N–H and O–H groups in total. The maximum atomic E-state index is 3.79. The quantitative estimate of drug-likeness (QED) is 0.443. The lowest BCUT2D eigenvalue weighted by atomic mass is 9.44. The van der Waals surface area contributed by atoms with Crippen LogP contribution in [0.2, 0.25) is 0 Å². The lowest BCUT2D eigenvalue weighted by Gasteiger charge is -2.61. The van der Waals surface area contributed by atoms with E-state index in [4.69, 9.17) is 0 Å². The lowest BCUT2D eigenvalue weighted by molar-refractivity contribution is -0.117. The van der Waals surface area contributed by atoms with Gasteiger partial charge in [-0.2, -0.15) is 0 Å². The van der Waals surface area contributed by atoms with Gasteiger partial charge in [-0.3, -0.25) is 0 Å². The standard InChI is InChI=1S/C29H53N/c1-7-30-23-15-17-28(5)22(19-23)11-12-24-26-14-13-25(21(4)10-8-9-20(2)3)29(26,6)18-16-27(24)28/h20-27,30H,7-19H2,1-6H3/t21-,22+,23+,24+,25?,26+,27?,28?,29?/m1/s1. The van der Waals surface area contributed by atoms with E-state index < -0.39 is 0 Å². The van der Waals surface area contributed by atoms with E-state index >= 15 is 0 Å². The molecule has 0 spiro atoms. The van der Waals surface area contributed by atoms with Crippen molar-refractivity contribution in [1.29, 1.82) is 0 Å². The van der Waals surface area contributed by atoms with Crippen LogP contribution >= 0.6 is 0 Å². The van der Waals surface area contributed by atoms with E-state index in [-0.39, 0.29) is 0 Å². The number of nitrogens with one attached hydrogen (secondary N) is 1. The van der Waals surface area contributed by atoms with Gasteiger partial charge in [0.15, 0.2) is 0 Å². The third-order valence-electron chi connectivity index (χ3n) is 11.4. The zero-order chi connectivity index (χ0) is 21.5. The Morgan fingerprint density at radius 3 is 2.30 bits per heavy atom. The SMILES string of the molecule is CCN[C@H]1CCC2(C)C3CCC4(C)C([C@H](C)CCCC(C)C)CC[C@H]4[C@@H]3CC[C@H]2C1. The molecule has 0 aromatic rings. The summed E-state index contributed by atoms with van der Waals surface area (Å²) in [5.74, 6) is 6.94. The molecule has 4 unspecified atom stereocenters. The van der Waals surface area contributed by atoms with Crippen LogP contribution in [0.3, 0.4) is 0 Å². The summed E-state index contributed by atoms with van der Waals surface area (Å²) in [4.78, 5) is 0. The first-order valence-corrected chi connectivity index (χ1v) is 14.0. The predicted molar refractivity (Wildman–Crippen MR) is 131 cm³/mol. The van der Waals surface area contributed by atoms with Gasteiger partial charge < -0.3 is 5.32 Å². The van der Waals surface area contributed by atoms with Crippen LogP contribution in [0.5, 0.6) is 0 Å². The molecule has 4 aliphatic carbocycles. The highest BCUT2D eigenvalue weighted by Crippen LogP contribution is 2.68. The van der Waals surface area contributed by atoms with Crippen molar-refractivity contribution in [3.63, 3.8) is 0 Å². The minimum Gasteiger partial charge on any atom is -0.314 e. The maximum Gasteiger partial charge on any atom is 0.00699 e. The molecule has 4 fully saturated rings. The topological polar surface area (TPSA) is 12.0 Å². The average molecular weight is 416 g/mol. The molecule has 30 heavy (non-hydrogen) atoms. The third-order valence-corrected chi connectivity index (χ3v) is 11.4. The third kappa shape index (κ3) is 4.04. The maximum absolute atomic E-state index is 3.79. The molecule has 1 nitrogen and oxygen atoms in total. The van der Waals surface area contributed by atoms with Crippen molar-refractivity contribution in [3.8, 4) is 0 Å². The van der Waals surface area contributed by atoms with Crippen LogP contribution in [-0.4, -0.2) is 12.6 Å². The van der Waals surface area contributed by atoms with Crippen molar-refractivity contribution < 1.29 is 0 Å². The zero-order valence-corrected chi connectivity index (χ0v) is 21.3. The van der Waals surface area contributed by atoms with Gasteiger partial charge in [0.05, 0.1) is 0 Å². The fourth-order valence-electron chi connectivity index (χ4n) is 9.76. The highest BCUT2D eigenvalue weighted by Gasteiger charge is 2.60. The molecular weight excluding hydrogens is 362 g/mol. The van der Waals surface area contributed by atoms with Crippen molar-refractivity contribution in [2.24, 2.45) is 52.3 Å². The van der Waals surface area contributed by atoms with Gasteiger partial charge in [-0.25, -0.2) is 0 Å². The first kappa shape index (κ1) is 23.1. The smallest absolute Gasteiger partial charge is 0.00699 e. The molecule has 0 radical (unpaired) electrons. The van der Waals surface area contributed by atoms with Crippen molar-refractivity contribution in [2.75, 3.05) is 6.54 Å². The van der Waals surface area contributed by atoms with Gasteiger partial charge in [0.25, 0.3) is 0 Å². The van der Waals surface area contributed by atoms with Gasteiger partial charge in [0, 0.05) is 6.04 Å². The van der Waals surface area contributed by atoms with Gasteiger partial charge in [-0.05, 0) is 117 Å². The summed E-state index contributed by atoms with van der Waals surface area (Å²) in [5.41, 5.74) is 1.31. The van der Waals surface area contributed by atoms with Crippen molar-refractivity contribution in [3.05, 3.63) is 0 Å². The largest absolute Gasteiger partial charge is 0.314 e. The Hall–Kier alpha value is -0.0400. The van der Waals surface area contributed by atoms with Gasteiger partial charge in [-0.1, -0.05) is 60.8 Å². The zero-order valence-electron chi connectivity index (χ0n) is 21.3. The van der Waals surface area contributed by atoms with Crippen molar-refractivity contribution in [2.45, 2.75) is 125 Å². The molecule has 4 rings (SSSR count). The Bertz CT molecular complexity index is 569. The summed E-state index contributed by atoms with van der Waals surface area (Å²) < 4.78 is 0. The minimum atomic E-state index is 0.650. The highest BCUT2D eigenvalue weighted by molar-refractivity contribution is 5.10. The van der Waals surface area contributed by atoms with Crippen LogP contribution in [0.15, 0.2) is 0 Å². The van der Waals surface area contributed by atoms with E-state index in [1.165, 1.54) is 57.8 Å². The van der Waals surface area contributed by atoms with Crippen molar-refractivity contribution in [1.82, 2.24) is 5.32 Å². The van der Waals surface area contributed by atoms with Crippen LogP contribution < -0.4 is 5.32 Å². The molecule has 0 aromatic carbocycles. The molecule has 4 aliphatic rings. The summed E-state index contributed by atoms with van der Waals surface area (Å²) >= 11 is 0. The minimum absolute atomic E-state index is 0.650. The summed E-state index contributed by atoms with van der Waals surface area (Å²) in [5, 5.41) is 3.79.